The maximum atomic E-state index is 11.4. The van der Waals surface area contributed by atoms with Gasteiger partial charge >= 0.3 is 0 Å². The Balaban J connectivity index is 1.37. The molecular formula is C27H26ClN3OS2. The highest BCUT2D eigenvalue weighted by atomic mass is 35.5. The molecule has 0 saturated heterocycles. The van der Waals surface area contributed by atoms with Gasteiger partial charge in [0, 0.05) is 40.3 Å². The average Bonchev–Trinajstić information content (AvgIpc) is 3.35. The maximum Gasteiger partial charge on any atom is 0.243 e. The molecule has 2 aliphatic rings. The van der Waals surface area contributed by atoms with Crippen LogP contribution < -0.4 is 15.1 Å². The minimum atomic E-state index is -0.121. The molecule has 2 aliphatic heterocycles. The second-order valence-corrected chi connectivity index (χ2v) is 11.0. The summed E-state index contributed by atoms with van der Waals surface area (Å²) in [7, 11) is 2.16. The van der Waals surface area contributed by atoms with E-state index in [1.54, 1.807) is 0 Å². The summed E-state index contributed by atoms with van der Waals surface area (Å²) < 4.78 is 0. The highest BCUT2D eigenvalue weighted by molar-refractivity contribution is 8.04. The van der Waals surface area contributed by atoms with Crippen molar-refractivity contribution in [2.24, 2.45) is 0 Å². The number of amides is 1. The number of fused-ring (bicyclic) bond motifs is 4. The summed E-state index contributed by atoms with van der Waals surface area (Å²) in [4.78, 5) is 18.7. The van der Waals surface area contributed by atoms with Crippen molar-refractivity contribution in [1.29, 1.82) is 0 Å². The van der Waals surface area contributed by atoms with Crippen LogP contribution in [-0.2, 0) is 4.79 Å². The minimum Gasteiger partial charge on any atom is -0.355 e. The minimum absolute atomic E-state index is 0.121. The van der Waals surface area contributed by atoms with E-state index in [2.05, 4.69) is 83.4 Å². The lowest BCUT2D eigenvalue weighted by Crippen LogP contribution is -2.30. The average molecular weight is 508 g/mol. The SMILES string of the molecule is C=CC(=O)NCCCCN1c2cc(Cl)ccc2SC1C=C1Sc2ccc3ccccc3c2N1C. The van der Waals surface area contributed by atoms with Crippen molar-refractivity contribution >= 4 is 63.2 Å². The van der Waals surface area contributed by atoms with Crippen LogP contribution in [0.1, 0.15) is 12.8 Å². The van der Waals surface area contributed by atoms with E-state index < -0.39 is 0 Å². The lowest BCUT2D eigenvalue weighted by atomic mass is 10.1. The van der Waals surface area contributed by atoms with Crippen molar-refractivity contribution in [2.75, 3.05) is 29.9 Å². The predicted molar refractivity (Wildman–Crippen MR) is 147 cm³/mol. The summed E-state index contributed by atoms with van der Waals surface area (Å²) >= 11 is 10.1. The maximum absolute atomic E-state index is 11.4. The second-order valence-electron chi connectivity index (χ2n) is 8.32. The van der Waals surface area contributed by atoms with Gasteiger partial charge < -0.3 is 15.1 Å². The topological polar surface area (TPSA) is 35.6 Å². The first-order valence-corrected chi connectivity index (χ1v) is 13.4. The summed E-state index contributed by atoms with van der Waals surface area (Å²) in [6.45, 7) is 5.05. The van der Waals surface area contributed by atoms with Crippen molar-refractivity contribution < 1.29 is 4.79 Å². The van der Waals surface area contributed by atoms with Gasteiger partial charge in [-0.05, 0) is 54.6 Å². The van der Waals surface area contributed by atoms with Crippen molar-refractivity contribution in [2.45, 2.75) is 28.0 Å². The molecule has 0 spiro atoms. The van der Waals surface area contributed by atoms with Crippen LogP contribution in [0.25, 0.3) is 10.8 Å². The van der Waals surface area contributed by atoms with Gasteiger partial charge in [0.15, 0.2) is 0 Å². The zero-order chi connectivity index (χ0) is 23.7. The predicted octanol–water partition coefficient (Wildman–Crippen LogP) is 6.90. The normalized spacial score (nSPS) is 17.8. The number of halogens is 1. The molecule has 0 saturated carbocycles. The van der Waals surface area contributed by atoms with E-state index in [1.165, 1.54) is 43.0 Å². The number of carbonyl (C=O) groups is 1. The lowest BCUT2D eigenvalue weighted by molar-refractivity contribution is -0.116. The Labute approximate surface area is 214 Å². The number of nitrogens with zero attached hydrogens (tertiary/aromatic N) is 2. The number of carbonyl (C=O) groups excluding carboxylic acids is 1. The Kier molecular flexibility index (Phi) is 6.82. The van der Waals surface area contributed by atoms with Crippen LogP contribution in [0, 0.1) is 0 Å². The number of rotatable bonds is 7. The molecule has 5 rings (SSSR count). The molecule has 2 heterocycles. The molecule has 0 aromatic heterocycles. The lowest BCUT2D eigenvalue weighted by Gasteiger charge is -2.26. The Morgan fingerprint density at radius 2 is 1.97 bits per heavy atom. The third-order valence-corrected chi connectivity index (χ3v) is 8.76. The van der Waals surface area contributed by atoms with Gasteiger partial charge in [-0.3, -0.25) is 4.79 Å². The monoisotopic (exact) mass is 507 g/mol. The molecular weight excluding hydrogens is 482 g/mol. The first-order chi connectivity index (χ1) is 16.5. The summed E-state index contributed by atoms with van der Waals surface area (Å²) in [5.74, 6) is -0.121. The van der Waals surface area contributed by atoms with Gasteiger partial charge in [-0.25, -0.2) is 0 Å². The highest BCUT2D eigenvalue weighted by Gasteiger charge is 2.32. The van der Waals surface area contributed by atoms with Crippen LogP contribution in [0.2, 0.25) is 5.02 Å². The molecule has 1 unspecified atom stereocenters. The van der Waals surface area contributed by atoms with Gasteiger partial charge in [0.1, 0.15) is 5.37 Å². The Hall–Kier alpha value is -2.54. The van der Waals surface area contributed by atoms with Crippen LogP contribution in [0.4, 0.5) is 11.4 Å². The van der Waals surface area contributed by atoms with E-state index in [0.717, 1.165) is 24.4 Å². The molecule has 4 nitrogen and oxygen atoms in total. The second kappa shape index (κ2) is 9.98. The van der Waals surface area contributed by atoms with E-state index in [1.807, 2.05) is 29.6 Å². The van der Waals surface area contributed by atoms with Crippen molar-refractivity contribution in [1.82, 2.24) is 5.32 Å². The molecule has 3 aromatic rings. The van der Waals surface area contributed by atoms with E-state index in [4.69, 9.17) is 11.6 Å². The zero-order valence-corrected chi connectivity index (χ0v) is 21.3. The standard InChI is InChI=1S/C27H26ClN3OS2/c1-3-24(32)29-14-6-7-15-31-21-16-19(28)11-13-22(21)33-26(31)17-25-30(2)27-20-9-5-4-8-18(20)10-12-23(27)34-25/h3-5,8-13,16-17,26H,1,6-7,14-15H2,2H3,(H,29,32). The summed E-state index contributed by atoms with van der Waals surface area (Å²) in [6, 6.07) is 19.1. The number of unbranched alkanes of at least 4 members (excludes halogenated alkanes) is 1. The molecule has 1 atom stereocenters. The van der Waals surface area contributed by atoms with Crippen LogP contribution in [0.5, 0.6) is 0 Å². The van der Waals surface area contributed by atoms with Gasteiger partial charge in [0.25, 0.3) is 0 Å². The highest BCUT2D eigenvalue weighted by Crippen LogP contribution is 2.51. The number of hydrogen-bond acceptors (Lipinski definition) is 5. The Morgan fingerprint density at radius 3 is 2.82 bits per heavy atom. The summed E-state index contributed by atoms with van der Waals surface area (Å²) in [5, 5.41) is 7.58. The smallest absolute Gasteiger partial charge is 0.243 e. The van der Waals surface area contributed by atoms with Gasteiger partial charge in [-0.15, -0.1) is 0 Å². The number of hydrogen-bond donors (Lipinski definition) is 1. The summed E-state index contributed by atoms with van der Waals surface area (Å²) in [5.41, 5.74) is 2.46. The molecule has 0 bridgehead atoms. The first-order valence-electron chi connectivity index (χ1n) is 11.3. The van der Waals surface area contributed by atoms with Gasteiger partial charge in [0.2, 0.25) is 5.91 Å². The van der Waals surface area contributed by atoms with E-state index >= 15 is 0 Å². The number of nitrogens with one attached hydrogen (secondary N) is 1. The third-order valence-electron chi connectivity index (χ3n) is 6.12. The van der Waals surface area contributed by atoms with Crippen molar-refractivity contribution in [3.63, 3.8) is 0 Å². The zero-order valence-electron chi connectivity index (χ0n) is 19.0. The van der Waals surface area contributed by atoms with Gasteiger partial charge in [-0.1, -0.05) is 72.0 Å². The fourth-order valence-corrected chi connectivity index (χ4v) is 7.06. The fraction of sp³-hybridized carbons (Fsp3) is 0.222. The first kappa shape index (κ1) is 23.2. The third kappa shape index (κ3) is 4.54. The van der Waals surface area contributed by atoms with Crippen LogP contribution in [0.3, 0.4) is 0 Å². The van der Waals surface area contributed by atoms with Crippen LogP contribution >= 0.6 is 35.1 Å². The Morgan fingerprint density at radius 1 is 1.15 bits per heavy atom. The van der Waals surface area contributed by atoms with E-state index in [9.17, 15) is 4.79 Å². The molecule has 7 heteroatoms. The van der Waals surface area contributed by atoms with Gasteiger partial charge in [0.05, 0.1) is 16.4 Å². The molecule has 1 N–H and O–H groups in total. The van der Waals surface area contributed by atoms with Crippen LogP contribution in [0.15, 0.2) is 88.1 Å². The van der Waals surface area contributed by atoms with Crippen molar-refractivity contribution in [3.05, 3.63) is 83.4 Å². The number of thioether (sulfide) groups is 2. The molecule has 34 heavy (non-hydrogen) atoms. The molecule has 174 valence electrons. The molecule has 0 radical (unpaired) electrons. The Bertz CT molecular complexity index is 1290. The fourth-order valence-electron chi connectivity index (χ4n) is 4.43. The van der Waals surface area contributed by atoms with E-state index in [-0.39, 0.29) is 11.3 Å². The largest absolute Gasteiger partial charge is 0.355 e. The molecule has 3 aromatic carbocycles. The van der Waals surface area contributed by atoms with Crippen LogP contribution in [-0.4, -0.2) is 31.4 Å². The molecule has 1 amide bonds. The number of anilines is 2. The quantitative estimate of drug-likeness (QED) is 0.278. The molecule has 0 aliphatic carbocycles. The van der Waals surface area contributed by atoms with Crippen molar-refractivity contribution in [3.8, 4) is 0 Å². The summed E-state index contributed by atoms with van der Waals surface area (Å²) in [6.07, 6.45) is 5.57. The van der Waals surface area contributed by atoms with E-state index in [0.29, 0.717) is 6.54 Å². The molecule has 0 fully saturated rings. The van der Waals surface area contributed by atoms with Gasteiger partial charge in [-0.2, -0.15) is 0 Å². The number of benzene rings is 3.